The van der Waals surface area contributed by atoms with Crippen LogP contribution in [0.3, 0.4) is 0 Å². The van der Waals surface area contributed by atoms with Gasteiger partial charge in [0.25, 0.3) is 5.56 Å². The zero-order valence-electron chi connectivity index (χ0n) is 15.8. The predicted molar refractivity (Wildman–Crippen MR) is 102 cm³/mol. The fourth-order valence-corrected chi connectivity index (χ4v) is 3.25. The molecular weight excluding hydrogens is 330 g/mol. The Hall–Kier alpha value is -2.67. The van der Waals surface area contributed by atoms with E-state index in [0.29, 0.717) is 17.7 Å². The van der Waals surface area contributed by atoms with Crippen LogP contribution in [0.1, 0.15) is 17.5 Å². The highest BCUT2D eigenvalue weighted by Crippen LogP contribution is 2.09. The van der Waals surface area contributed by atoms with Crippen LogP contribution in [0.5, 0.6) is 0 Å². The van der Waals surface area contributed by atoms with Gasteiger partial charge in [-0.25, -0.2) is 9.78 Å². The van der Waals surface area contributed by atoms with Crippen LogP contribution in [-0.2, 0) is 27.2 Å². The summed E-state index contributed by atoms with van der Waals surface area (Å²) in [6, 6.07) is 8.32. The summed E-state index contributed by atoms with van der Waals surface area (Å²) in [4.78, 5) is 31.5. The van der Waals surface area contributed by atoms with Crippen molar-refractivity contribution in [2.45, 2.75) is 26.4 Å². The molecule has 2 aromatic heterocycles. The first-order chi connectivity index (χ1) is 12.4. The topological polar surface area (TPSA) is 65.1 Å². The van der Waals surface area contributed by atoms with E-state index in [9.17, 15) is 9.59 Å². The lowest BCUT2D eigenvalue weighted by atomic mass is 10.1. The lowest BCUT2D eigenvalue weighted by Crippen LogP contribution is -2.40. The number of aromatic nitrogens is 4. The van der Waals surface area contributed by atoms with Crippen molar-refractivity contribution in [3.8, 4) is 0 Å². The average molecular weight is 355 g/mol. The van der Waals surface area contributed by atoms with Crippen molar-refractivity contribution in [3.05, 3.63) is 62.6 Å². The number of fused-ring (bicyclic) bond motifs is 1. The molecule has 1 aromatic carbocycles. The summed E-state index contributed by atoms with van der Waals surface area (Å²) < 4.78 is 4.41. The molecule has 7 nitrogen and oxygen atoms in total. The molecule has 0 saturated carbocycles. The van der Waals surface area contributed by atoms with Gasteiger partial charge < -0.3 is 9.47 Å². The first-order valence-electron chi connectivity index (χ1n) is 8.74. The predicted octanol–water partition coefficient (Wildman–Crippen LogP) is 1.26. The van der Waals surface area contributed by atoms with Gasteiger partial charge in [-0.05, 0) is 38.1 Å². The Morgan fingerprint density at radius 3 is 2.62 bits per heavy atom. The molecular formula is C19H25N5O2. The van der Waals surface area contributed by atoms with Gasteiger partial charge in [0.15, 0.2) is 11.2 Å². The van der Waals surface area contributed by atoms with Crippen molar-refractivity contribution >= 4 is 11.2 Å². The molecule has 0 aliphatic carbocycles. The summed E-state index contributed by atoms with van der Waals surface area (Å²) in [7, 11) is 5.47. The smallest absolute Gasteiger partial charge is 0.328 e. The zero-order chi connectivity index (χ0) is 18.8. The molecule has 0 atom stereocenters. The Labute approximate surface area is 152 Å². The second kappa shape index (κ2) is 7.29. The molecule has 0 fully saturated rings. The van der Waals surface area contributed by atoms with Crippen molar-refractivity contribution in [1.82, 2.24) is 23.6 Å². The molecule has 0 unspecified atom stereocenters. The highest BCUT2D eigenvalue weighted by molar-refractivity contribution is 5.69. The van der Waals surface area contributed by atoms with Gasteiger partial charge in [-0.15, -0.1) is 0 Å². The molecule has 0 bridgehead atoms. The number of rotatable bonds is 6. The maximum absolute atomic E-state index is 12.7. The van der Waals surface area contributed by atoms with Gasteiger partial charge in [0.05, 0.1) is 6.33 Å². The standard InChI is InChI=1S/C19H25N5O2/c1-14-8-5-6-9-15(14)12-21(2)10-7-11-24-18(25)16-17(20-13-22(16)3)23(4)19(24)26/h5-6,8-9,13H,7,10-12H2,1-4H3. The maximum Gasteiger partial charge on any atom is 0.332 e. The third-order valence-corrected chi connectivity index (χ3v) is 4.82. The minimum atomic E-state index is -0.317. The van der Waals surface area contributed by atoms with Gasteiger partial charge in [0.2, 0.25) is 0 Å². The largest absolute Gasteiger partial charge is 0.332 e. The number of nitrogens with zero attached hydrogens (tertiary/aromatic N) is 5. The molecule has 0 saturated heterocycles. The fraction of sp³-hybridized carbons (Fsp3) is 0.421. The first-order valence-corrected chi connectivity index (χ1v) is 8.74. The van der Waals surface area contributed by atoms with Crippen LogP contribution >= 0.6 is 0 Å². The van der Waals surface area contributed by atoms with E-state index in [1.807, 2.05) is 12.1 Å². The summed E-state index contributed by atoms with van der Waals surface area (Å²) in [6.07, 6.45) is 2.28. The third-order valence-electron chi connectivity index (χ3n) is 4.82. The Balaban J connectivity index is 1.72. The number of hydrogen-bond donors (Lipinski definition) is 0. The van der Waals surface area contributed by atoms with Crippen molar-refractivity contribution in [2.75, 3.05) is 13.6 Å². The van der Waals surface area contributed by atoms with E-state index in [-0.39, 0.29) is 11.2 Å². The van der Waals surface area contributed by atoms with Gasteiger partial charge in [-0.1, -0.05) is 24.3 Å². The first kappa shape index (κ1) is 18.1. The van der Waals surface area contributed by atoms with E-state index in [0.717, 1.165) is 19.5 Å². The van der Waals surface area contributed by atoms with E-state index in [1.54, 1.807) is 25.0 Å². The second-order valence-corrected chi connectivity index (χ2v) is 6.84. The van der Waals surface area contributed by atoms with E-state index in [2.05, 4.69) is 36.0 Å². The Morgan fingerprint density at radius 1 is 1.15 bits per heavy atom. The Kier molecular flexibility index (Phi) is 5.08. The van der Waals surface area contributed by atoms with Crippen LogP contribution in [0.25, 0.3) is 11.2 Å². The highest BCUT2D eigenvalue weighted by atomic mass is 16.2. The van der Waals surface area contributed by atoms with E-state index < -0.39 is 0 Å². The molecule has 3 rings (SSSR count). The summed E-state index contributed by atoms with van der Waals surface area (Å²) in [5.74, 6) is 0. The zero-order valence-corrected chi connectivity index (χ0v) is 15.8. The number of hydrogen-bond acceptors (Lipinski definition) is 4. The quantitative estimate of drug-likeness (QED) is 0.668. The van der Waals surface area contributed by atoms with Crippen LogP contribution in [0.4, 0.5) is 0 Å². The third kappa shape index (κ3) is 3.35. The molecule has 0 aliphatic rings. The normalized spacial score (nSPS) is 11.6. The molecule has 0 radical (unpaired) electrons. The minimum Gasteiger partial charge on any atom is -0.328 e. The van der Waals surface area contributed by atoms with Gasteiger partial charge in [-0.3, -0.25) is 13.9 Å². The SMILES string of the molecule is Cc1ccccc1CN(C)CCCn1c(=O)c2c(ncn2C)n(C)c1=O. The van der Waals surface area contributed by atoms with E-state index in [1.165, 1.54) is 20.3 Å². The molecule has 2 heterocycles. The van der Waals surface area contributed by atoms with Gasteiger partial charge in [-0.2, -0.15) is 0 Å². The van der Waals surface area contributed by atoms with Crippen molar-refractivity contribution in [2.24, 2.45) is 14.1 Å². The van der Waals surface area contributed by atoms with Crippen LogP contribution < -0.4 is 11.2 Å². The Bertz CT molecular complexity index is 1040. The summed E-state index contributed by atoms with van der Waals surface area (Å²) in [6.45, 7) is 4.15. The van der Waals surface area contributed by atoms with Crippen LogP contribution in [0.15, 0.2) is 40.2 Å². The van der Waals surface area contributed by atoms with Gasteiger partial charge >= 0.3 is 5.69 Å². The van der Waals surface area contributed by atoms with E-state index >= 15 is 0 Å². The lowest BCUT2D eigenvalue weighted by Gasteiger charge is -2.18. The van der Waals surface area contributed by atoms with Crippen molar-refractivity contribution in [3.63, 3.8) is 0 Å². The number of aryl methyl sites for hydroxylation is 3. The average Bonchev–Trinajstić information content (AvgIpc) is 3.00. The second-order valence-electron chi connectivity index (χ2n) is 6.84. The number of benzene rings is 1. The molecule has 7 heteroatoms. The summed E-state index contributed by atoms with van der Waals surface area (Å²) in [5.41, 5.74) is 2.86. The maximum atomic E-state index is 12.7. The molecule has 138 valence electrons. The van der Waals surface area contributed by atoms with Crippen LogP contribution in [-0.4, -0.2) is 37.2 Å². The Morgan fingerprint density at radius 2 is 1.88 bits per heavy atom. The molecule has 0 aliphatic heterocycles. The van der Waals surface area contributed by atoms with Gasteiger partial charge in [0, 0.05) is 27.2 Å². The molecule has 26 heavy (non-hydrogen) atoms. The summed E-state index contributed by atoms with van der Waals surface area (Å²) in [5, 5.41) is 0. The number of imidazole rings is 1. The lowest BCUT2D eigenvalue weighted by molar-refractivity contribution is 0.311. The monoisotopic (exact) mass is 355 g/mol. The van der Waals surface area contributed by atoms with Crippen molar-refractivity contribution < 1.29 is 0 Å². The minimum absolute atomic E-state index is 0.273. The van der Waals surface area contributed by atoms with Gasteiger partial charge in [0.1, 0.15) is 0 Å². The highest BCUT2D eigenvalue weighted by Gasteiger charge is 2.14. The van der Waals surface area contributed by atoms with Crippen molar-refractivity contribution in [1.29, 1.82) is 0 Å². The molecule has 0 spiro atoms. The molecule has 0 amide bonds. The van der Waals surface area contributed by atoms with E-state index in [4.69, 9.17) is 0 Å². The molecule has 3 aromatic rings. The van der Waals surface area contributed by atoms with Crippen LogP contribution in [0.2, 0.25) is 0 Å². The molecule has 0 N–H and O–H groups in total. The fourth-order valence-electron chi connectivity index (χ4n) is 3.25. The summed E-state index contributed by atoms with van der Waals surface area (Å²) >= 11 is 0. The van der Waals surface area contributed by atoms with Crippen LogP contribution in [0, 0.1) is 6.92 Å².